The normalized spacial score (nSPS) is 20.3. The minimum atomic E-state index is 0.0892. The first kappa shape index (κ1) is 16.7. The Morgan fingerprint density at radius 2 is 1.88 bits per heavy atom. The second-order valence-electron chi connectivity index (χ2n) is 6.33. The van der Waals surface area contributed by atoms with Crippen molar-refractivity contribution >= 4 is 5.91 Å². The number of carbonyl (C=O) groups is 1. The molecule has 1 aliphatic rings. The van der Waals surface area contributed by atoms with Crippen molar-refractivity contribution in [2.24, 2.45) is 0 Å². The molecule has 1 aliphatic heterocycles. The minimum absolute atomic E-state index is 0.0892. The molecule has 0 aliphatic carbocycles. The Labute approximate surface area is 143 Å². The lowest BCUT2D eigenvalue weighted by molar-refractivity contribution is -0.122. The van der Waals surface area contributed by atoms with Gasteiger partial charge in [-0.3, -0.25) is 14.7 Å². The fourth-order valence-corrected chi connectivity index (χ4v) is 3.27. The molecular weight excluding hydrogens is 298 g/mol. The Morgan fingerprint density at radius 3 is 2.67 bits per heavy atom. The van der Waals surface area contributed by atoms with Gasteiger partial charge in [0.1, 0.15) is 0 Å². The summed E-state index contributed by atoms with van der Waals surface area (Å²) in [5.74, 6) is 0.136. The summed E-state index contributed by atoms with van der Waals surface area (Å²) >= 11 is 0. The standard InChI is InChI=1S/C20H25N3O/c24-20-15-19(17-9-3-1-4-10-17)23(14-8-2-6-13-22-20)16-18-11-5-7-12-21-18/h1,3-5,7,9-12,19H,2,6,8,13-16H2,(H,22,24). The quantitative estimate of drug-likeness (QED) is 0.942. The summed E-state index contributed by atoms with van der Waals surface area (Å²) in [5, 5.41) is 3.06. The number of nitrogens with zero attached hydrogens (tertiary/aromatic N) is 2. The van der Waals surface area contributed by atoms with Gasteiger partial charge >= 0.3 is 0 Å². The number of carbonyl (C=O) groups excluding carboxylic acids is 1. The van der Waals surface area contributed by atoms with Crippen molar-refractivity contribution in [3.8, 4) is 0 Å². The van der Waals surface area contributed by atoms with E-state index in [4.69, 9.17) is 0 Å². The van der Waals surface area contributed by atoms with Crippen molar-refractivity contribution in [3.63, 3.8) is 0 Å². The molecule has 0 radical (unpaired) electrons. The van der Waals surface area contributed by atoms with E-state index in [1.165, 1.54) is 5.56 Å². The maximum Gasteiger partial charge on any atom is 0.221 e. The van der Waals surface area contributed by atoms with Crippen LogP contribution >= 0.6 is 0 Å². The Kier molecular flexibility index (Phi) is 5.96. The monoisotopic (exact) mass is 323 g/mol. The average molecular weight is 323 g/mol. The molecule has 0 saturated carbocycles. The van der Waals surface area contributed by atoms with Crippen molar-refractivity contribution in [2.75, 3.05) is 13.1 Å². The number of amides is 1. The topological polar surface area (TPSA) is 45.2 Å². The number of pyridine rings is 1. The van der Waals surface area contributed by atoms with Gasteiger partial charge in [0.25, 0.3) is 0 Å². The lowest BCUT2D eigenvalue weighted by Crippen LogP contribution is -2.36. The van der Waals surface area contributed by atoms with Gasteiger partial charge in [0.15, 0.2) is 0 Å². The number of aromatic nitrogens is 1. The summed E-state index contributed by atoms with van der Waals surface area (Å²) in [7, 11) is 0. The van der Waals surface area contributed by atoms with Crippen molar-refractivity contribution < 1.29 is 4.79 Å². The highest BCUT2D eigenvalue weighted by molar-refractivity contribution is 5.76. The van der Waals surface area contributed by atoms with Gasteiger partial charge in [0, 0.05) is 31.7 Å². The molecule has 1 aromatic carbocycles. The SMILES string of the molecule is O=C1CC(c2ccccc2)N(Cc2ccccn2)CCCCCN1. The molecule has 3 rings (SSSR count). The van der Waals surface area contributed by atoms with Crippen LogP contribution in [0.4, 0.5) is 0 Å². The first-order valence-corrected chi connectivity index (χ1v) is 8.78. The number of hydrogen-bond acceptors (Lipinski definition) is 3. The maximum absolute atomic E-state index is 12.3. The van der Waals surface area contributed by atoms with Crippen LogP contribution in [0.15, 0.2) is 54.7 Å². The van der Waals surface area contributed by atoms with E-state index in [0.717, 1.165) is 44.6 Å². The second kappa shape index (κ2) is 8.60. The van der Waals surface area contributed by atoms with Gasteiger partial charge in [-0.1, -0.05) is 42.8 Å². The third-order valence-electron chi connectivity index (χ3n) is 4.54. The molecular formula is C20H25N3O. The van der Waals surface area contributed by atoms with E-state index in [-0.39, 0.29) is 11.9 Å². The Morgan fingerprint density at radius 1 is 1.04 bits per heavy atom. The van der Waals surface area contributed by atoms with Gasteiger partial charge < -0.3 is 5.32 Å². The van der Waals surface area contributed by atoms with E-state index in [9.17, 15) is 4.79 Å². The van der Waals surface area contributed by atoms with Gasteiger partial charge in [0.2, 0.25) is 5.91 Å². The van der Waals surface area contributed by atoms with Crippen molar-refractivity contribution in [2.45, 2.75) is 38.3 Å². The van der Waals surface area contributed by atoms with E-state index in [0.29, 0.717) is 6.42 Å². The van der Waals surface area contributed by atoms with Gasteiger partial charge in [0.05, 0.1) is 5.69 Å². The third-order valence-corrected chi connectivity index (χ3v) is 4.54. The fraction of sp³-hybridized carbons (Fsp3) is 0.400. The number of rotatable bonds is 3. The molecule has 1 saturated heterocycles. The molecule has 2 heterocycles. The van der Waals surface area contributed by atoms with Crippen LogP contribution in [0.25, 0.3) is 0 Å². The van der Waals surface area contributed by atoms with Crippen LogP contribution in [0.1, 0.15) is 43.0 Å². The number of hydrogen-bond donors (Lipinski definition) is 1. The fourth-order valence-electron chi connectivity index (χ4n) is 3.27. The first-order chi connectivity index (χ1) is 11.8. The van der Waals surface area contributed by atoms with E-state index >= 15 is 0 Å². The minimum Gasteiger partial charge on any atom is -0.356 e. The van der Waals surface area contributed by atoms with Crippen LogP contribution in [0.3, 0.4) is 0 Å². The van der Waals surface area contributed by atoms with Gasteiger partial charge in [-0.25, -0.2) is 0 Å². The summed E-state index contributed by atoms with van der Waals surface area (Å²) in [4.78, 5) is 19.2. The maximum atomic E-state index is 12.3. The molecule has 0 bridgehead atoms. The third kappa shape index (κ3) is 4.65. The molecule has 1 atom stereocenters. The molecule has 126 valence electrons. The second-order valence-corrected chi connectivity index (χ2v) is 6.33. The molecule has 1 unspecified atom stereocenters. The van der Waals surface area contributed by atoms with Gasteiger partial charge in [-0.2, -0.15) is 0 Å². The molecule has 4 nitrogen and oxygen atoms in total. The smallest absolute Gasteiger partial charge is 0.221 e. The van der Waals surface area contributed by atoms with Gasteiger partial charge in [-0.15, -0.1) is 0 Å². The Balaban J connectivity index is 1.86. The average Bonchev–Trinajstić information content (AvgIpc) is 2.63. The summed E-state index contributed by atoms with van der Waals surface area (Å²) in [5.41, 5.74) is 2.25. The summed E-state index contributed by atoms with van der Waals surface area (Å²) < 4.78 is 0. The lowest BCUT2D eigenvalue weighted by atomic mass is 9.99. The van der Waals surface area contributed by atoms with Crippen molar-refractivity contribution in [1.82, 2.24) is 15.2 Å². The molecule has 2 aromatic rings. The van der Waals surface area contributed by atoms with Crippen LogP contribution in [-0.4, -0.2) is 28.9 Å². The summed E-state index contributed by atoms with van der Waals surface area (Å²) in [6.45, 7) is 2.55. The Bertz CT molecular complexity index is 630. The number of nitrogens with one attached hydrogen (secondary N) is 1. The summed E-state index contributed by atoms with van der Waals surface area (Å²) in [6.07, 6.45) is 5.67. The van der Waals surface area contributed by atoms with Crippen LogP contribution < -0.4 is 5.32 Å². The largest absolute Gasteiger partial charge is 0.356 e. The van der Waals surface area contributed by atoms with E-state index < -0.39 is 0 Å². The van der Waals surface area contributed by atoms with Crippen LogP contribution in [-0.2, 0) is 11.3 Å². The van der Waals surface area contributed by atoms with E-state index in [2.05, 4.69) is 33.4 Å². The summed E-state index contributed by atoms with van der Waals surface area (Å²) in [6, 6.07) is 16.5. The molecule has 1 amide bonds. The zero-order valence-corrected chi connectivity index (χ0v) is 14.0. The highest BCUT2D eigenvalue weighted by atomic mass is 16.1. The Hall–Kier alpha value is -2.20. The van der Waals surface area contributed by atoms with E-state index in [1.807, 2.05) is 36.5 Å². The predicted octanol–water partition coefficient (Wildman–Crippen LogP) is 3.32. The molecule has 1 fully saturated rings. The zero-order chi connectivity index (χ0) is 16.6. The number of benzene rings is 1. The first-order valence-electron chi connectivity index (χ1n) is 8.78. The van der Waals surface area contributed by atoms with Crippen LogP contribution in [0.2, 0.25) is 0 Å². The van der Waals surface area contributed by atoms with Gasteiger partial charge in [-0.05, 0) is 37.1 Å². The highest BCUT2D eigenvalue weighted by Gasteiger charge is 2.24. The molecule has 1 N–H and O–H groups in total. The highest BCUT2D eigenvalue weighted by Crippen LogP contribution is 2.27. The molecule has 0 spiro atoms. The van der Waals surface area contributed by atoms with Crippen molar-refractivity contribution in [3.05, 3.63) is 66.0 Å². The van der Waals surface area contributed by atoms with E-state index in [1.54, 1.807) is 0 Å². The van der Waals surface area contributed by atoms with Crippen LogP contribution in [0.5, 0.6) is 0 Å². The molecule has 24 heavy (non-hydrogen) atoms. The molecule has 4 heteroatoms. The van der Waals surface area contributed by atoms with Crippen LogP contribution in [0, 0.1) is 0 Å². The zero-order valence-electron chi connectivity index (χ0n) is 14.0. The predicted molar refractivity (Wildman–Crippen MR) is 95.3 cm³/mol. The van der Waals surface area contributed by atoms with Crippen molar-refractivity contribution in [1.29, 1.82) is 0 Å². The lowest BCUT2D eigenvalue weighted by Gasteiger charge is -2.32. The molecule has 1 aromatic heterocycles.